The van der Waals surface area contributed by atoms with E-state index in [1.807, 2.05) is 6.92 Å². The van der Waals surface area contributed by atoms with Crippen molar-refractivity contribution in [1.29, 1.82) is 0 Å². The van der Waals surface area contributed by atoms with Crippen LogP contribution in [0.25, 0.3) is 0 Å². The van der Waals surface area contributed by atoms with Gasteiger partial charge in [-0.25, -0.2) is 4.98 Å². The van der Waals surface area contributed by atoms with Crippen molar-refractivity contribution in [2.45, 2.75) is 26.4 Å². The lowest BCUT2D eigenvalue weighted by Gasteiger charge is -2.13. The van der Waals surface area contributed by atoms with E-state index in [1.54, 1.807) is 11.3 Å². The van der Waals surface area contributed by atoms with Gasteiger partial charge in [0.2, 0.25) is 0 Å². The van der Waals surface area contributed by atoms with Gasteiger partial charge in [0.25, 0.3) is 0 Å². The van der Waals surface area contributed by atoms with E-state index in [2.05, 4.69) is 62.8 Å². The summed E-state index contributed by atoms with van der Waals surface area (Å²) < 4.78 is 1.11. The number of aromatic nitrogens is 1. The van der Waals surface area contributed by atoms with Crippen LogP contribution in [-0.4, -0.2) is 4.98 Å². The van der Waals surface area contributed by atoms with E-state index in [-0.39, 0.29) is 0 Å². The maximum atomic E-state index is 4.44. The van der Waals surface area contributed by atoms with Crippen molar-refractivity contribution in [1.82, 2.24) is 10.3 Å². The predicted molar refractivity (Wildman–Crippen MR) is 76.2 cm³/mol. The molecular formula is C13H15BrN2S. The molecule has 0 saturated heterocycles. The number of rotatable bonds is 4. The van der Waals surface area contributed by atoms with Crippen LogP contribution in [0.5, 0.6) is 0 Å². The summed E-state index contributed by atoms with van der Waals surface area (Å²) in [5, 5.41) is 6.71. The van der Waals surface area contributed by atoms with Crippen LogP contribution in [0.3, 0.4) is 0 Å². The van der Waals surface area contributed by atoms with Crippen molar-refractivity contribution in [3.63, 3.8) is 0 Å². The Morgan fingerprint density at radius 3 is 2.65 bits per heavy atom. The zero-order chi connectivity index (χ0) is 12.3. The maximum Gasteiger partial charge on any atom is 0.0897 e. The molecule has 2 rings (SSSR count). The Hall–Kier alpha value is -0.710. The zero-order valence-electron chi connectivity index (χ0n) is 9.90. The first-order valence-electron chi connectivity index (χ1n) is 5.55. The minimum absolute atomic E-state index is 0.338. The third-order valence-corrected chi connectivity index (χ3v) is 3.98. The second-order valence-corrected chi connectivity index (χ2v) is 5.99. The molecule has 0 spiro atoms. The number of halogens is 1. The highest BCUT2D eigenvalue weighted by Crippen LogP contribution is 2.17. The fraction of sp³-hybridized carbons (Fsp3) is 0.308. The van der Waals surface area contributed by atoms with Gasteiger partial charge < -0.3 is 5.32 Å². The van der Waals surface area contributed by atoms with E-state index in [0.29, 0.717) is 6.04 Å². The number of thiazole rings is 1. The number of nitrogens with zero attached hydrogens (tertiary/aromatic N) is 1. The van der Waals surface area contributed by atoms with Crippen LogP contribution >= 0.6 is 27.3 Å². The fourth-order valence-electron chi connectivity index (χ4n) is 1.62. The first-order chi connectivity index (χ1) is 8.15. The molecule has 0 amide bonds. The Labute approximate surface area is 114 Å². The van der Waals surface area contributed by atoms with Crippen LogP contribution in [-0.2, 0) is 6.54 Å². The summed E-state index contributed by atoms with van der Waals surface area (Å²) in [7, 11) is 0. The van der Waals surface area contributed by atoms with E-state index >= 15 is 0 Å². The molecule has 2 aromatic rings. The zero-order valence-corrected chi connectivity index (χ0v) is 12.3. The summed E-state index contributed by atoms with van der Waals surface area (Å²) in [5.41, 5.74) is 2.41. The third-order valence-electron chi connectivity index (χ3n) is 2.63. The van der Waals surface area contributed by atoms with E-state index < -0.39 is 0 Å². The normalized spacial score (nSPS) is 12.6. The summed E-state index contributed by atoms with van der Waals surface area (Å²) in [6, 6.07) is 8.74. The molecule has 0 bridgehead atoms. The van der Waals surface area contributed by atoms with Crippen molar-refractivity contribution in [2.75, 3.05) is 0 Å². The minimum Gasteiger partial charge on any atom is -0.305 e. The molecule has 2 nitrogen and oxygen atoms in total. The molecule has 1 heterocycles. The van der Waals surface area contributed by atoms with Crippen molar-refractivity contribution in [3.05, 3.63) is 50.4 Å². The van der Waals surface area contributed by atoms with Gasteiger partial charge in [0.05, 0.1) is 10.7 Å². The van der Waals surface area contributed by atoms with Crippen molar-refractivity contribution in [2.24, 2.45) is 0 Å². The largest absolute Gasteiger partial charge is 0.305 e. The molecule has 0 aliphatic heterocycles. The van der Waals surface area contributed by atoms with Crippen LogP contribution in [0.1, 0.15) is 29.2 Å². The molecule has 1 N–H and O–H groups in total. The van der Waals surface area contributed by atoms with E-state index in [9.17, 15) is 0 Å². The van der Waals surface area contributed by atoms with Crippen LogP contribution in [0.15, 0.2) is 34.1 Å². The molecule has 0 aliphatic carbocycles. The highest BCUT2D eigenvalue weighted by Gasteiger charge is 2.05. The molecule has 0 fully saturated rings. The molecule has 1 unspecified atom stereocenters. The molecule has 1 aromatic carbocycles. The topological polar surface area (TPSA) is 24.9 Å². The molecule has 17 heavy (non-hydrogen) atoms. The first kappa shape index (κ1) is 12.7. The number of hydrogen-bond acceptors (Lipinski definition) is 3. The highest BCUT2D eigenvalue weighted by molar-refractivity contribution is 9.10. The molecule has 0 saturated carbocycles. The van der Waals surface area contributed by atoms with Crippen LogP contribution in [0, 0.1) is 6.92 Å². The molecular weight excluding hydrogens is 296 g/mol. The molecule has 0 radical (unpaired) electrons. The Bertz CT molecular complexity index is 478. The monoisotopic (exact) mass is 310 g/mol. The van der Waals surface area contributed by atoms with Gasteiger partial charge in [0.1, 0.15) is 0 Å². The molecule has 90 valence electrons. The molecule has 4 heteroatoms. The minimum atomic E-state index is 0.338. The maximum absolute atomic E-state index is 4.44. The van der Waals surface area contributed by atoms with Gasteiger partial charge >= 0.3 is 0 Å². The first-order valence-corrected chi connectivity index (χ1v) is 7.22. The summed E-state index contributed by atoms with van der Waals surface area (Å²) in [6.07, 6.45) is 0. The van der Waals surface area contributed by atoms with Crippen LogP contribution < -0.4 is 5.32 Å². The standard InChI is InChI=1S/C13H15BrN2S/c1-9(11-3-5-12(14)6-4-11)15-7-13-8-17-10(2)16-13/h3-6,8-9,15H,7H2,1-2H3. The Morgan fingerprint density at radius 2 is 2.06 bits per heavy atom. The van der Waals surface area contributed by atoms with Gasteiger partial charge in [-0.1, -0.05) is 28.1 Å². The lowest BCUT2D eigenvalue weighted by atomic mass is 10.1. The van der Waals surface area contributed by atoms with Gasteiger partial charge in [-0.3, -0.25) is 0 Å². The number of hydrogen-bond donors (Lipinski definition) is 1. The second-order valence-electron chi connectivity index (χ2n) is 4.01. The van der Waals surface area contributed by atoms with Crippen molar-refractivity contribution >= 4 is 27.3 Å². The summed E-state index contributed by atoms with van der Waals surface area (Å²) in [6.45, 7) is 5.02. The quantitative estimate of drug-likeness (QED) is 0.921. The molecule has 0 aliphatic rings. The molecule has 1 atom stereocenters. The Morgan fingerprint density at radius 1 is 1.35 bits per heavy atom. The SMILES string of the molecule is Cc1nc(CNC(C)c2ccc(Br)cc2)cs1. The number of benzene rings is 1. The van der Waals surface area contributed by atoms with Gasteiger partial charge in [-0.15, -0.1) is 11.3 Å². The average Bonchev–Trinajstić information content (AvgIpc) is 2.73. The van der Waals surface area contributed by atoms with Gasteiger partial charge in [0, 0.05) is 22.4 Å². The smallest absolute Gasteiger partial charge is 0.0897 e. The Kier molecular flexibility index (Phi) is 4.31. The summed E-state index contributed by atoms with van der Waals surface area (Å²) >= 11 is 5.14. The number of aryl methyl sites for hydroxylation is 1. The van der Waals surface area contributed by atoms with E-state index in [0.717, 1.165) is 21.7 Å². The van der Waals surface area contributed by atoms with Gasteiger partial charge in [0.15, 0.2) is 0 Å². The van der Waals surface area contributed by atoms with E-state index in [1.165, 1.54) is 5.56 Å². The number of nitrogens with one attached hydrogen (secondary N) is 1. The summed E-state index contributed by atoms with van der Waals surface area (Å²) in [4.78, 5) is 4.44. The van der Waals surface area contributed by atoms with E-state index in [4.69, 9.17) is 0 Å². The predicted octanol–water partition coefficient (Wildman–Crippen LogP) is 4.06. The van der Waals surface area contributed by atoms with Crippen LogP contribution in [0.4, 0.5) is 0 Å². The fourth-order valence-corrected chi connectivity index (χ4v) is 2.49. The van der Waals surface area contributed by atoms with Crippen LogP contribution in [0.2, 0.25) is 0 Å². The van der Waals surface area contributed by atoms with Gasteiger partial charge in [-0.2, -0.15) is 0 Å². The highest BCUT2D eigenvalue weighted by atomic mass is 79.9. The molecule has 1 aromatic heterocycles. The lowest BCUT2D eigenvalue weighted by Crippen LogP contribution is -2.18. The second kappa shape index (κ2) is 5.76. The third kappa shape index (κ3) is 3.63. The van der Waals surface area contributed by atoms with Crippen molar-refractivity contribution in [3.8, 4) is 0 Å². The summed E-state index contributed by atoms with van der Waals surface area (Å²) in [5.74, 6) is 0. The average molecular weight is 311 g/mol. The lowest BCUT2D eigenvalue weighted by molar-refractivity contribution is 0.569. The Balaban J connectivity index is 1.93. The van der Waals surface area contributed by atoms with Gasteiger partial charge in [-0.05, 0) is 31.5 Å². The van der Waals surface area contributed by atoms with Crippen molar-refractivity contribution < 1.29 is 0 Å².